The van der Waals surface area contributed by atoms with Gasteiger partial charge < -0.3 is 10.6 Å². The summed E-state index contributed by atoms with van der Waals surface area (Å²) in [5.41, 5.74) is 6.03. The Morgan fingerprint density at radius 1 is 1.42 bits per heavy atom. The van der Waals surface area contributed by atoms with Crippen LogP contribution in [0.5, 0.6) is 0 Å². The van der Waals surface area contributed by atoms with Crippen molar-refractivity contribution in [3.63, 3.8) is 0 Å². The van der Waals surface area contributed by atoms with Gasteiger partial charge in [0.2, 0.25) is 5.13 Å². The Morgan fingerprint density at radius 3 is 2.68 bits per heavy atom. The van der Waals surface area contributed by atoms with Gasteiger partial charge in [0.1, 0.15) is 5.84 Å². The van der Waals surface area contributed by atoms with Gasteiger partial charge in [-0.25, -0.2) is 0 Å². The third-order valence-corrected chi connectivity index (χ3v) is 4.86. The van der Waals surface area contributed by atoms with Crippen molar-refractivity contribution >= 4 is 45.7 Å². The average Bonchev–Trinajstić information content (AvgIpc) is 2.80. The molecule has 8 heteroatoms. The Labute approximate surface area is 124 Å². The molecule has 0 bridgehead atoms. The summed E-state index contributed by atoms with van der Waals surface area (Å²) >= 11 is 9.11. The van der Waals surface area contributed by atoms with Gasteiger partial charge in [0.05, 0.1) is 5.02 Å². The van der Waals surface area contributed by atoms with Crippen LogP contribution in [0, 0.1) is 5.41 Å². The van der Waals surface area contributed by atoms with Gasteiger partial charge >= 0.3 is 0 Å². The highest BCUT2D eigenvalue weighted by Crippen LogP contribution is 2.36. The molecule has 0 aliphatic carbocycles. The van der Waals surface area contributed by atoms with Crippen LogP contribution in [-0.2, 0) is 0 Å². The Morgan fingerprint density at radius 2 is 2.16 bits per heavy atom. The van der Waals surface area contributed by atoms with Crippen molar-refractivity contribution in [2.24, 2.45) is 5.73 Å². The van der Waals surface area contributed by atoms with Crippen LogP contribution in [0.15, 0.2) is 27.4 Å². The second-order valence-electron chi connectivity index (χ2n) is 3.91. The molecule has 0 radical (unpaired) electrons. The smallest absolute Gasteiger partial charge is 0.208 e. The molecule has 2 rings (SSSR count). The Balaban J connectivity index is 2.20. The SMILES string of the molecule is CN(C)c1nnc(Sc2ccc(C(=N)N)cc2Cl)s1. The van der Waals surface area contributed by atoms with Crippen molar-refractivity contribution < 1.29 is 0 Å². The topological polar surface area (TPSA) is 78.9 Å². The zero-order valence-electron chi connectivity index (χ0n) is 10.3. The molecular weight excluding hydrogens is 302 g/mol. The van der Waals surface area contributed by atoms with Crippen LogP contribution in [0.4, 0.5) is 5.13 Å². The molecule has 0 fully saturated rings. The van der Waals surface area contributed by atoms with Gasteiger partial charge in [-0.2, -0.15) is 0 Å². The number of halogens is 1. The van der Waals surface area contributed by atoms with E-state index in [1.54, 1.807) is 12.1 Å². The molecule has 5 nitrogen and oxygen atoms in total. The minimum absolute atomic E-state index is 0.00394. The molecule has 1 heterocycles. The summed E-state index contributed by atoms with van der Waals surface area (Å²) in [6.07, 6.45) is 0. The number of anilines is 1. The van der Waals surface area contributed by atoms with E-state index < -0.39 is 0 Å². The van der Waals surface area contributed by atoms with E-state index in [2.05, 4.69) is 10.2 Å². The molecule has 1 aromatic heterocycles. The molecular formula is C11H12ClN5S2. The lowest BCUT2D eigenvalue weighted by atomic mass is 10.2. The van der Waals surface area contributed by atoms with Crippen molar-refractivity contribution in [1.29, 1.82) is 5.41 Å². The van der Waals surface area contributed by atoms with E-state index in [0.29, 0.717) is 10.6 Å². The fraction of sp³-hybridized carbons (Fsp3) is 0.182. The molecule has 0 unspecified atom stereocenters. The standard InChI is InChI=1S/C11H12ClN5S2/c1-17(2)10-15-16-11(19-10)18-8-4-3-6(9(13)14)5-7(8)12/h3-5H,1-2H3,(H3,13,14). The molecule has 0 aliphatic heterocycles. The molecule has 0 saturated carbocycles. The largest absolute Gasteiger partial charge is 0.384 e. The van der Waals surface area contributed by atoms with Gasteiger partial charge in [-0.05, 0) is 12.1 Å². The summed E-state index contributed by atoms with van der Waals surface area (Å²) in [7, 11) is 3.84. The second-order valence-corrected chi connectivity index (χ2v) is 6.56. The lowest BCUT2D eigenvalue weighted by Crippen LogP contribution is -2.10. The Kier molecular flexibility index (Phi) is 4.28. The molecule has 3 N–H and O–H groups in total. The number of aromatic nitrogens is 2. The van der Waals surface area contributed by atoms with Gasteiger partial charge in [-0.15, -0.1) is 10.2 Å². The number of hydrogen-bond donors (Lipinski definition) is 2. The first kappa shape index (κ1) is 14.1. The predicted molar refractivity (Wildman–Crippen MR) is 80.8 cm³/mol. The number of nitrogens with zero attached hydrogens (tertiary/aromatic N) is 3. The van der Waals surface area contributed by atoms with Crippen LogP contribution in [0.25, 0.3) is 0 Å². The first-order valence-corrected chi connectivity index (χ1v) is 7.31. The highest BCUT2D eigenvalue weighted by Gasteiger charge is 2.10. The number of hydrogen-bond acceptors (Lipinski definition) is 6. The van der Waals surface area contributed by atoms with Crippen LogP contribution >= 0.6 is 34.7 Å². The first-order valence-electron chi connectivity index (χ1n) is 5.30. The molecule has 0 amide bonds. The van der Waals surface area contributed by atoms with Gasteiger partial charge in [0.25, 0.3) is 0 Å². The third-order valence-electron chi connectivity index (χ3n) is 2.22. The molecule has 2 aromatic rings. The summed E-state index contributed by atoms with van der Waals surface area (Å²) in [4.78, 5) is 2.77. The van der Waals surface area contributed by atoms with E-state index in [4.69, 9.17) is 22.7 Å². The quantitative estimate of drug-likeness (QED) is 0.670. The third kappa shape index (κ3) is 3.37. The monoisotopic (exact) mass is 313 g/mol. The van der Waals surface area contributed by atoms with Crippen LogP contribution in [-0.4, -0.2) is 30.1 Å². The normalized spacial score (nSPS) is 10.5. The summed E-state index contributed by atoms with van der Waals surface area (Å²) in [6, 6.07) is 5.28. The number of nitrogen functional groups attached to an aromatic ring is 1. The molecule has 0 aliphatic rings. The minimum Gasteiger partial charge on any atom is -0.384 e. The van der Waals surface area contributed by atoms with Crippen LogP contribution in [0.2, 0.25) is 5.02 Å². The average molecular weight is 314 g/mol. The van der Waals surface area contributed by atoms with E-state index in [-0.39, 0.29) is 5.84 Å². The molecule has 0 saturated heterocycles. The maximum absolute atomic E-state index is 7.36. The zero-order valence-corrected chi connectivity index (χ0v) is 12.7. The minimum atomic E-state index is 0.00394. The number of amidine groups is 1. The maximum Gasteiger partial charge on any atom is 0.208 e. The Hall–Kier alpha value is -1.31. The van der Waals surface area contributed by atoms with Crippen LogP contribution in [0.1, 0.15) is 5.56 Å². The first-order chi connectivity index (χ1) is 8.97. The maximum atomic E-state index is 7.36. The zero-order chi connectivity index (χ0) is 14.0. The molecule has 100 valence electrons. The fourth-order valence-corrected chi connectivity index (χ4v) is 3.29. The second kappa shape index (κ2) is 5.77. The summed E-state index contributed by atoms with van der Waals surface area (Å²) in [5.74, 6) is 0.00394. The van der Waals surface area contributed by atoms with E-state index in [1.807, 2.05) is 25.1 Å². The van der Waals surface area contributed by atoms with Crippen LogP contribution in [0.3, 0.4) is 0 Å². The van der Waals surface area contributed by atoms with E-state index in [9.17, 15) is 0 Å². The van der Waals surface area contributed by atoms with Gasteiger partial charge in [-0.1, -0.05) is 40.8 Å². The fourth-order valence-electron chi connectivity index (χ4n) is 1.27. The van der Waals surface area contributed by atoms with Crippen molar-refractivity contribution in [3.8, 4) is 0 Å². The summed E-state index contributed by atoms with van der Waals surface area (Å²) in [6.45, 7) is 0. The number of nitrogens with one attached hydrogen (secondary N) is 1. The highest BCUT2D eigenvalue weighted by molar-refractivity contribution is 8.01. The van der Waals surface area contributed by atoms with Crippen molar-refractivity contribution in [1.82, 2.24) is 10.2 Å². The van der Waals surface area contributed by atoms with Crippen molar-refractivity contribution in [2.45, 2.75) is 9.24 Å². The van der Waals surface area contributed by atoms with Gasteiger partial charge in [0.15, 0.2) is 4.34 Å². The lowest BCUT2D eigenvalue weighted by Gasteiger charge is -2.05. The summed E-state index contributed by atoms with van der Waals surface area (Å²) in [5, 5.41) is 16.9. The van der Waals surface area contributed by atoms with Crippen molar-refractivity contribution in [2.75, 3.05) is 19.0 Å². The van der Waals surface area contributed by atoms with Crippen LogP contribution < -0.4 is 10.6 Å². The predicted octanol–water partition coefficient (Wildman–Crippen LogP) is 2.69. The molecule has 0 atom stereocenters. The number of benzene rings is 1. The van der Waals surface area contributed by atoms with E-state index in [1.165, 1.54) is 23.1 Å². The molecule has 1 aromatic carbocycles. The number of nitrogens with two attached hydrogens (primary N) is 1. The Bertz CT molecular complexity index is 611. The molecule has 0 spiro atoms. The highest BCUT2D eigenvalue weighted by atomic mass is 35.5. The van der Waals surface area contributed by atoms with Crippen molar-refractivity contribution in [3.05, 3.63) is 28.8 Å². The molecule has 19 heavy (non-hydrogen) atoms. The number of rotatable bonds is 4. The van der Waals surface area contributed by atoms with E-state index >= 15 is 0 Å². The van der Waals surface area contributed by atoms with Gasteiger partial charge in [-0.3, -0.25) is 5.41 Å². The van der Waals surface area contributed by atoms with Gasteiger partial charge in [0, 0.05) is 24.6 Å². The summed E-state index contributed by atoms with van der Waals surface area (Å²) < 4.78 is 0.821. The van der Waals surface area contributed by atoms with E-state index in [0.717, 1.165) is 14.4 Å². The lowest BCUT2D eigenvalue weighted by molar-refractivity contribution is 0.972.